The van der Waals surface area contributed by atoms with E-state index in [9.17, 15) is 4.79 Å². The van der Waals surface area contributed by atoms with Crippen molar-refractivity contribution in [2.24, 2.45) is 5.41 Å². The number of hydrogen-bond acceptors (Lipinski definition) is 5. The van der Waals surface area contributed by atoms with Crippen LogP contribution in [0.3, 0.4) is 0 Å². The third kappa shape index (κ3) is 3.60. The maximum Gasteiger partial charge on any atom is 0.251 e. The second-order valence-corrected chi connectivity index (χ2v) is 10.9. The molecule has 1 saturated heterocycles. The summed E-state index contributed by atoms with van der Waals surface area (Å²) in [4.78, 5) is 24.3. The molecule has 2 aromatic heterocycles. The van der Waals surface area contributed by atoms with E-state index < -0.39 is 0 Å². The first-order chi connectivity index (χ1) is 15.1. The molecule has 31 heavy (non-hydrogen) atoms. The lowest BCUT2D eigenvalue weighted by atomic mass is 9.50. The minimum Gasteiger partial charge on any atom is -0.357 e. The molecule has 7 heteroatoms. The summed E-state index contributed by atoms with van der Waals surface area (Å²) < 4.78 is 1.21. The lowest BCUT2D eigenvalue weighted by Gasteiger charge is -2.57. The molecule has 3 heterocycles. The van der Waals surface area contributed by atoms with Crippen LogP contribution < -0.4 is 10.2 Å². The smallest absolute Gasteiger partial charge is 0.251 e. The highest BCUT2D eigenvalue weighted by atomic mass is 35.5. The number of hydrogen-bond donors (Lipinski definition) is 1. The van der Waals surface area contributed by atoms with Crippen molar-refractivity contribution in [3.63, 3.8) is 0 Å². The van der Waals surface area contributed by atoms with Crippen molar-refractivity contribution in [1.29, 1.82) is 0 Å². The second-order valence-electron chi connectivity index (χ2n) is 9.44. The molecule has 1 aromatic carbocycles. The van der Waals surface area contributed by atoms with E-state index in [1.165, 1.54) is 35.4 Å². The molecule has 1 amide bonds. The number of pyridine rings is 1. The average molecular weight is 453 g/mol. The Morgan fingerprint density at radius 2 is 1.94 bits per heavy atom. The van der Waals surface area contributed by atoms with E-state index in [0.29, 0.717) is 11.3 Å². The molecular weight excluding hydrogens is 428 g/mol. The van der Waals surface area contributed by atoms with E-state index >= 15 is 0 Å². The van der Waals surface area contributed by atoms with Gasteiger partial charge in [-0.25, -0.2) is 9.97 Å². The van der Waals surface area contributed by atoms with Crippen LogP contribution in [0.5, 0.6) is 0 Å². The molecule has 3 fully saturated rings. The van der Waals surface area contributed by atoms with Crippen molar-refractivity contribution < 1.29 is 4.79 Å². The van der Waals surface area contributed by atoms with Gasteiger partial charge in [-0.2, -0.15) is 0 Å². The normalized spacial score (nSPS) is 27.3. The minimum absolute atomic E-state index is 0.0293. The van der Waals surface area contributed by atoms with Crippen molar-refractivity contribution >= 4 is 44.9 Å². The predicted octanol–water partition coefficient (Wildman–Crippen LogP) is 5.40. The van der Waals surface area contributed by atoms with Crippen LogP contribution >= 0.6 is 22.9 Å². The molecule has 3 aliphatic rings. The van der Waals surface area contributed by atoms with E-state index in [0.717, 1.165) is 47.9 Å². The topological polar surface area (TPSA) is 58.1 Å². The number of thiazole rings is 1. The van der Waals surface area contributed by atoms with Gasteiger partial charge in [0.05, 0.1) is 15.2 Å². The number of aromatic nitrogens is 2. The number of amides is 1. The summed E-state index contributed by atoms with van der Waals surface area (Å²) in [5.41, 5.74) is 2.13. The van der Waals surface area contributed by atoms with E-state index in [4.69, 9.17) is 16.6 Å². The monoisotopic (exact) mass is 452 g/mol. The molecule has 6 rings (SSSR count). The summed E-state index contributed by atoms with van der Waals surface area (Å²) in [5.74, 6) is 1.51. The van der Waals surface area contributed by atoms with Gasteiger partial charge in [-0.15, -0.1) is 11.3 Å². The Bertz CT molecular complexity index is 1140. The molecule has 0 atom stereocenters. The highest BCUT2D eigenvalue weighted by Gasteiger charge is 2.54. The van der Waals surface area contributed by atoms with Crippen LogP contribution in [0.1, 0.15) is 59.8 Å². The largest absolute Gasteiger partial charge is 0.357 e. The molecule has 2 saturated carbocycles. The maximum atomic E-state index is 12.8. The number of nitrogens with one attached hydrogen (secondary N) is 1. The van der Waals surface area contributed by atoms with Crippen LogP contribution in [-0.2, 0) is 0 Å². The zero-order valence-electron chi connectivity index (χ0n) is 17.3. The van der Waals surface area contributed by atoms with Gasteiger partial charge in [-0.05, 0) is 74.3 Å². The summed E-state index contributed by atoms with van der Waals surface area (Å²) in [6, 6.07) is 10.00. The Balaban J connectivity index is 1.04. The molecule has 0 unspecified atom stereocenters. The fourth-order valence-electron chi connectivity index (χ4n) is 5.62. The zero-order chi connectivity index (χ0) is 21.0. The number of benzene rings is 1. The Kier molecular flexibility index (Phi) is 4.69. The van der Waals surface area contributed by atoms with Gasteiger partial charge >= 0.3 is 0 Å². The van der Waals surface area contributed by atoms with Crippen LogP contribution in [0.2, 0.25) is 5.02 Å². The number of halogens is 1. The summed E-state index contributed by atoms with van der Waals surface area (Å²) in [6.45, 7) is 2.07. The molecule has 0 bridgehead atoms. The molecule has 1 N–H and O–H groups in total. The SMILES string of the molecule is O=C(NC1CC2(C1)CC(c1nc3cc(Cl)ccc3s1)C2)c1ccnc(N2CCCC2)c1. The molecule has 0 radical (unpaired) electrons. The van der Waals surface area contributed by atoms with E-state index in [1.54, 1.807) is 17.5 Å². The van der Waals surface area contributed by atoms with Crippen LogP contribution in [-0.4, -0.2) is 35.0 Å². The number of fused-ring (bicyclic) bond motifs is 1. The highest BCUT2D eigenvalue weighted by molar-refractivity contribution is 7.18. The standard InChI is InChI=1S/C24H25ClN4OS/c25-17-3-4-20-19(10-17)28-23(31-20)16-11-24(12-16)13-18(14-24)27-22(30)15-5-6-26-21(9-15)29-7-1-2-8-29/h3-6,9-10,16,18H,1-2,7-8,11-14H2,(H,27,30). The summed E-state index contributed by atoms with van der Waals surface area (Å²) in [6.07, 6.45) is 8.68. The van der Waals surface area contributed by atoms with Crippen molar-refractivity contribution in [2.45, 2.75) is 50.5 Å². The van der Waals surface area contributed by atoms with Gasteiger partial charge < -0.3 is 10.2 Å². The number of carbonyl (C=O) groups is 1. The van der Waals surface area contributed by atoms with Gasteiger partial charge in [-0.1, -0.05) is 11.6 Å². The van der Waals surface area contributed by atoms with E-state index in [-0.39, 0.29) is 11.9 Å². The van der Waals surface area contributed by atoms with Gasteiger partial charge in [0.25, 0.3) is 5.91 Å². The summed E-state index contributed by atoms with van der Waals surface area (Å²) >= 11 is 7.90. The van der Waals surface area contributed by atoms with Crippen molar-refractivity contribution in [2.75, 3.05) is 18.0 Å². The fourth-order valence-corrected chi connectivity index (χ4v) is 6.84. The minimum atomic E-state index is 0.0293. The second kappa shape index (κ2) is 7.45. The van der Waals surface area contributed by atoms with Gasteiger partial charge in [0, 0.05) is 41.8 Å². The Labute approximate surface area is 190 Å². The zero-order valence-corrected chi connectivity index (χ0v) is 18.9. The van der Waals surface area contributed by atoms with Crippen LogP contribution in [0.15, 0.2) is 36.5 Å². The van der Waals surface area contributed by atoms with Crippen molar-refractivity contribution in [3.05, 3.63) is 52.1 Å². The Hall–Kier alpha value is -2.18. The molecular formula is C24H25ClN4OS. The summed E-state index contributed by atoms with van der Waals surface area (Å²) in [7, 11) is 0. The lowest BCUT2D eigenvalue weighted by molar-refractivity contribution is -0.0187. The van der Waals surface area contributed by atoms with Gasteiger partial charge in [-0.3, -0.25) is 4.79 Å². The lowest BCUT2D eigenvalue weighted by Crippen LogP contribution is -2.55. The number of nitrogens with zero attached hydrogens (tertiary/aromatic N) is 3. The molecule has 1 aliphatic heterocycles. The molecule has 3 aromatic rings. The number of rotatable bonds is 4. The van der Waals surface area contributed by atoms with Gasteiger partial charge in [0.1, 0.15) is 5.82 Å². The molecule has 1 spiro atoms. The third-order valence-electron chi connectivity index (χ3n) is 7.21. The van der Waals surface area contributed by atoms with Gasteiger partial charge in [0.15, 0.2) is 0 Å². The van der Waals surface area contributed by atoms with Crippen molar-refractivity contribution in [3.8, 4) is 0 Å². The molecule has 2 aliphatic carbocycles. The predicted molar refractivity (Wildman–Crippen MR) is 125 cm³/mol. The van der Waals surface area contributed by atoms with Crippen LogP contribution in [0.4, 0.5) is 5.82 Å². The van der Waals surface area contributed by atoms with Gasteiger partial charge in [0.2, 0.25) is 0 Å². The van der Waals surface area contributed by atoms with E-state index in [2.05, 4.69) is 21.3 Å². The van der Waals surface area contributed by atoms with Crippen molar-refractivity contribution in [1.82, 2.24) is 15.3 Å². The first kappa shape index (κ1) is 19.5. The maximum absolute atomic E-state index is 12.8. The van der Waals surface area contributed by atoms with Crippen LogP contribution in [0.25, 0.3) is 10.2 Å². The Morgan fingerprint density at radius 1 is 1.13 bits per heavy atom. The molecule has 5 nitrogen and oxygen atoms in total. The average Bonchev–Trinajstić information content (AvgIpc) is 3.38. The number of anilines is 1. The van der Waals surface area contributed by atoms with E-state index in [1.807, 2.05) is 24.3 Å². The Morgan fingerprint density at radius 3 is 2.74 bits per heavy atom. The third-order valence-corrected chi connectivity index (χ3v) is 8.64. The summed E-state index contributed by atoms with van der Waals surface area (Å²) in [5, 5.41) is 5.23. The number of carbonyl (C=O) groups excluding carboxylic acids is 1. The first-order valence-corrected chi connectivity index (χ1v) is 12.3. The fraction of sp³-hybridized carbons (Fsp3) is 0.458. The first-order valence-electron chi connectivity index (χ1n) is 11.1. The quantitative estimate of drug-likeness (QED) is 0.575. The van der Waals surface area contributed by atoms with Crippen LogP contribution in [0, 0.1) is 5.41 Å². The molecule has 160 valence electrons. The highest BCUT2D eigenvalue weighted by Crippen LogP contribution is 2.62.